The lowest BCUT2D eigenvalue weighted by atomic mass is 10.3. The zero-order valence-electron chi connectivity index (χ0n) is 7.86. The Labute approximate surface area is 78.0 Å². The van der Waals surface area contributed by atoms with Gasteiger partial charge in [0.25, 0.3) is 0 Å². The molecule has 0 N–H and O–H groups in total. The van der Waals surface area contributed by atoms with Crippen LogP contribution in [0.2, 0.25) is 0 Å². The highest BCUT2D eigenvalue weighted by molar-refractivity contribution is 5.82. The Kier molecular flexibility index (Phi) is 3.82. The number of para-hydroxylation sites is 1. The molecule has 0 radical (unpaired) electrons. The van der Waals surface area contributed by atoms with E-state index in [0.29, 0.717) is 6.61 Å². The number of hydrogen-bond donors (Lipinski definition) is 0. The van der Waals surface area contributed by atoms with Crippen molar-refractivity contribution in [3.05, 3.63) is 30.3 Å². The van der Waals surface area contributed by atoms with Gasteiger partial charge in [-0.2, -0.15) is 0 Å². The Morgan fingerprint density at radius 3 is 2.62 bits per heavy atom. The summed E-state index contributed by atoms with van der Waals surface area (Å²) in [6.45, 7) is 2.31. The maximum absolute atomic E-state index is 5.41. The lowest BCUT2D eigenvalue weighted by Crippen LogP contribution is -2.07. The van der Waals surface area contributed by atoms with Gasteiger partial charge in [-0.15, -0.1) is 0 Å². The first-order valence-electron chi connectivity index (χ1n) is 4.07. The zero-order chi connectivity index (χ0) is 9.52. The van der Waals surface area contributed by atoms with Crippen LogP contribution in [0.5, 0.6) is 5.75 Å². The Hall–Kier alpha value is -1.51. The molecule has 0 bridgehead atoms. The Morgan fingerprint density at radius 1 is 1.31 bits per heavy atom. The molecule has 3 nitrogen and oxygen atoms in total. The number of benzene rings is 1. The average molecular weight is 179 g/mol. The van der Waals surface area contributed by atoms with Crippen LogP contribution < -0.4 is 4.74 Å². The predicted octanol–water partition coefficient (Wildman–Crippen LogP) is 2.09. The highest BCUT2D eigenvalue weighted by Crippen LogP contribution is 2.07. The lowest BCUT2D eigenvalue weighted by Gasteiger charge is -2.04. The second-order valence-corrected chi connectivity index (χ2v) is 2.61. The molecule has 1 aromatic carbocycles. The molecule has 0 aliphatic carbocycles. The van der Waals surface area contributed by atoms with E-state index in [2.05, 4.69) is 9.99 Å². The van der Waals surface area contributed by atoms with Crippen molar-refractivity contribution in [2.45, 2.75) is 6.92 Å². The molecule has 70 valence electrons. The highest BCUT2D eigenvalue weighted by atomic mass is 16.6. The zero-order valence-corrected chi connectivity index (χ0v) is 7.86. The van der Waals surface area contributed by atoms with Crippen molar-refractivity contribution < 1.29 is 9.57 Å². The van der Waals surface area contributed by atoms with Gasteiger partial charge in [-0.25, -0.2) is 0 Å². The minimum absolute atomic E-state index is 0.456. The predicted molar refractivity (Wildman–Crippen MR) is 52.1 cm³/mol. The molecule has 0 unspecified atom stereocenters. The maximum atomic E-state index is 5.41. The Balaban J connectivity index is 2.39. The number of ether oxygens (including phenoxy) is 1. The first-order chi connectivity index (χ1) is 6.33. The summed E-state index contributed by atoms with van der Waals surface area (Å²) in [5.41, 5.74) is 0.811. The van der Waals surface area contributed by atoms with Gasteiger partial charge in [-0.3, -0.25) is 0 Å². The van der Waals surface area contributed by atoms with Gasteiger partial charge < -0.3 is 9.57 Å². The van der Waals surface area contributed by atoms with Crippen LogP contribution in [0.3, 0.4) is 0 Å². The van der Waals surface area contributed by atoms with Gasteiger partial charge in [0.15, 0.2) is 0 Å². The van der Waals surface area contributed by atoms with Gasteiger partial charge in [-0.05, 0) is 19.1 Å². The van der Waals surface area contributed by atoms with Gasteiger partial charge in [0, 0.05) is 0 Å². The molecule has 1 rings (SSSR count). The summed E-state index contributed by atoms with van der Waals surface area (Å²) in [5.74, 6) is 0.841. The Morgan fingerprint density at radius 2 is 2.00 bits per heavy atom. The van der Waals surface area contributed by atoms with Gasteiger partial charge in [0.05, 0.1) is 5.71 Å². The number of oxime groups is 1. The number of rotatable bonds is 4. The van der Waals surface area contributed by atoms with E-state index >= 15 is 0 Å². The molecule has 0 aromatic heterocycles. The first kappa shape index (κ1) is 9.58. The van der Waals surface area contributed by atoms with Crippen molar-refractivity contribution in [1.29, 1.82) is 0 Å². The summed E-state index contributed by atoms with van der Waals surface area (Å²) in [6.07, 6.45) is 0. The van der Waals surface area contributed by atoms with Crippen LogP contribution >= 0.6 is 0 Å². The van der Waals surface area contributed by atoms with Gasteiger partial charge >= 0.3 is 0 Å². The van der Waals surface area contributed by atoms with Gasteiger partial charge in [-0.1, -0.05) is 23.4 Å². The molecule has 0 saturated heterocycles. The monoisotopic (exact) mass is 179 g/mol. The third-order valence-electron chi connectivity index (χ3n) is 1.44. The second kappa shape index (κ2) is 5.19. The molecule has 3 heteroatoms. The summed E-state index contributed by atoms with van der Waals surface area (Å²) >= 11 is 0. The average Bonchev–Trinajstić information content (AvgIpc) is 2.17. The van der Waals surface area contributed by atoms with Crippen molar-refractivity contribution in [3.8, 4) is 5.75 Å². The fourth-order valence-electron chi connectivity index (χ4n) is 0.887. The molecule has 0 aliphatic heterocycles. The molecular formula is C10H13NO2. The molecule has 0 heterocycles. The van der Waals surface area contributed by atoms with E-state index in [-0.39, 0.29) is 0 Å². The summed E-state index contributed by atoms with van der Waals surface area (Å²) in [5, 5.41) is 3.73. The van der Waals surface area contributed by atoms with Crippen LogP contribution in [-0.2, 0) is 4.84 Å². The van der Waals surface area contributed by atoms with Gasteiger partial charge in [0.2, 0.25) is 0 Å². The normalized spacial score (nSPS) is 11.1. The van der Waals surface area contributed by atoms with Gasteiger partial charge in [0.1, 0.15) is 19.5 Å². The minimum atomic E-state index is 0.456. The third-order valence-corrected chi connectivity index (χ3v) is 1.44. The Bertz CT molecular complexity index is 270. The van der Waals surface area contributed by atoms with Crippen LogP contribution in [0.4, 0.5) is 0 Å². The highest BCUT2D eigenvalue weighted by Gasteiger charge is 1.94. The lowest BCUT2D eigenvalue weighted by molar-refractivity contribution is 0.209. The number of nitrogens with zero attached hydrogens (tertiary/aromatic N) is 1. The van der Waals surface area contributed by atoms with Crippen LogP contribution in [0.25, 0.3) is 0 Å². The third kappa shape index (κ3) is 3.60. The van der Waals surface area contributed by atoms with E-state index in [1.54, 1.807) is 0 Å². The minimum Gasteiger partial charge on any atom is -0.488 e. The molecule has 0 spiro atoms. The van der Waals surface area contributed by atoms with Crippen molar-refractivity contribution in [2.75, 3.05) is 13.7 Å². The molecular weight excluding hydrogens is 166 g/mol. The molecule has 13 heavy (non-hydrogen) atoms. The van der Waals surface area contributed by atoms with E-state index < -0.39 is 0 Å². The molecule has 0 saturated carbocycles. The molecule has 0 atom stereocenters. The van der Waals surface area contributed by atoms with E-state index in [1.807, 2.05) is 37.3 Å². The van der Waals surface area contributed by atoms with Crippen LogP contribution in [0.15, 0.2) is 35.5 Å². The van der Waals surface area contributed by atoms with Crippen molar-refractivity contribution in [2.24, 2.45) is 5.16 Å². The van der Waals surface area contributed by atoms with Crippen LogP contribution in [0.1, 0.15) is 6.92 Å². The number of hydrogen-bond acceptors (Lipinski definition) is 3. The van der Waals surface area contributed by atoms with E-state index in [1.165, 1.54) is 7.11 Å². The van der Waals surface area contributed by atoms with Crippen molar-refractivity contribution >= 4 is 5.71 Å². The van der Waals surface area contributed by atoms with Crippen molar-refractivity contribution in [3.63, 3.8) is 0 Å². The second-order valence-electron chi connectivity index (χ2n) is 2.61. The van der Waals surface area contributed by atoms with Crippen LogP contribution in [-0.4, -0.2) is 19.4 Å². The summed E-state index contributed by atoms with van der Waals surface area (Å²) in [6, 6.07) is 9.61. The van der Waals surface area contributed by atoms with Crippen LogP contribution in [0, 0.1) is 0 Å². The molecule has 0 aliphatic rings. The SMILES string of the molecule is CON=C(C)COc1ccccc1. The van der Waals surface area contributed by atoms with E-state index in [4.69, 9.17) is 4.74 Å². The fraction of sp³-hybridized carbons (Fsp3) is 0.300. The first-order valence-corrected chi connectivity index (χ1v) is 4.07. The molecule has 0 amide bonds. The summed E-state index contributed by atoms with van der Waals surface area (Å²) in [7, 11) is 1.52. The summed E-state index contributed by atoms with van der Waals surface area (Å²) in [4.78, 5) is 4.60. The quantitative estimate of drug-likeness (QED) is 0.523. The van der Waals surface area contributed by atoms with E-state index in [9.17, 15) is 0 Å². The maximum Gasteiger partial charge on any atom is 0.129 e. The van der Waals surface area contributed by atoms with E-state index in [0.717, 1.165) is 11.5 Å². The summed E-state index contributed by atoms with van der Waals surface area (Å²) < 4.78 is 5.41. The topological polar surface area (TPSA) is 30.8 Å². The molecule has 0 fully saturated rings. The smallest absolute Gasteiger partial charge is 0.129 e. The standard InChI is InChI=1S/C10H13NO2/c1-9(11-12-2)8-13-10-6-4-3-5-7-10/h3-7H,8H2,1-2H3. The fourth-order valence-corrected chi connectivity index (χ4v) is 0.887. The van der Waals surface area contributed by atoms with Crippen molar-refractivity contribution in [1.82, 2.24) is 0 Å². The molecule has 1 aromatic rings. The largest absolute Gasteiger partial charge is 0.488 e.